The van der Waals surface area contributed by atoms with Crippen molar-refractivity contribution in [3.63, 3.8) is 0 Å². The first-order chi connectivity index (χ1) is 9.11. The standard InChI is InChI=1S/C14H16BrF2NO/c15-6-5-10-2-1-7-18(9-10)14(19)11-3-4-12(16)13(17)8-11/h3-4,8,10H,1-2,5-7,9H2. The van der Waals surface area contributed by atoms with Crippen LogP contribution >= 0.6 is 15.9 Å². The Morgan fingerprint density at radius 1 is 1.37 bits per heavy atom. The van der Waals surface area contributed by atoms with Crippen LogP contribution in [0.5, 0.6) is 0 Å². The van der Waals surface area contributed by atoms with Crippen LogP contribution in [0.25, 0.3) is 0 Å². The molecule has 5 heteroatoms. The SMILES string of the molecule is O=C(c1ccc(F)c(F)c1)N1CCCC(CCBr)C1. The van der Waals surface area contributed by atoms with E-state index in [0.717, 1.165) is 36.7 Å². The molecule has 1 amide bonds. The van der Waals surface area contributed by atoms with Crippen molar-refractivity contribution in [1.82, 2.24) is 4.90 Å². The van der Waals surface area contributed by atoms with E-state index in [0.29, 0.717) is 19.0 Å². The Hall–Kier alpha value is -0.970. The zero-order chi connectivity index (χ0) is 13.8. The van der Waals surface area contributed by atoms with Crippen LogP contribution in [0.4, 0.5) is 8.78 Å². The van der Waals surface area contributed by atoms with E-state index in [2.05, 4.69) is 15.9 Å². The number of amides is 1. The zero-order valence-corrected chi connectivity index (χ0v) is 12.1. The quantitative estimate of drug-likeness (QED) is 0.775. The predicted octanol–water partition coefficient (Wildman–Crippen LogP) is 3.60. The molecule has 1 aromatic rings. The normalized spacial score (nSPS) is 19.5. The van der Waals surface area contributed by atoms with Gasteiger partial charge >= 0.3 is 0 Å². The molecule has 1 aromatic carbocycles. The van der Waals surface area contributed by atoms with E-state index < -0.39 is 11.6 Å². The van der Waals surface area contributed by atoms with E-state index in [4.69, 9.17) is 0 Å². The number of carbonyl (C=O) groups is 1. The van der Waals surface area contributed by atoms with Gasteiger partial charge in [-0.3, -0.25) is 4.79 Å². The molecule has 0 spiro atoms. The summed E-state index contributed by atoms with van der Waals surface area (Å²) in [6.07, 6.45) is 3.11. The molecular formula is C14H16BrF2NO. The van der Waals surface area contributed by atoms with Gasteiger partial charge in [-0.1, -0.05) is 15.9 Å². The van der Waals surface area contributed by atoms with Crippen LogP contribution in [0.15, 0.2) is 18.2 Å². The summed E-state index contributed by atoms with van der Waals surface area (Å²) in [5.41, 5.74) is 0.221. The van der Waals surface area contributed by atoms with Crippen LogP contribution in [-0.4, -0.2) is 29.2 Å². The number of alkyl halides is 1. The van der Waals surface area contributed by atoms with E-state index in [-0.39, 0.29) is 11.5 Å². The summed E-state index contributed by atoms with van der Waals surface area (Å²) >= 11 is 3.41. The van der Waals surface area contributed by atoms with Gasteiger partial charge in [-0.15, -0.1) is 0 Å². The molecule has 0 aromatic heterocycles. The molecule has 0 saturated carbocycles. The van der Waals surface area contributed by atoms with Crippen molar-refractivity contribution >= 4 is 21.8 Å². The van der Waals surface area contributed by atoms with Crippen LogP contribution in [0.1, 0.15) is 29.6 Å². The van der Waals surface area contributed by atoms with Gasteiger partial charge in [-0.2, -0.15) is 0 Å². The van der Waals surface area contributed by atoms with Crippen molar-refractivity contribution in [1.29, 1.82) is 0 Å². The third-order valence-electron chi connectivity index (χ3n) is 3.49. The number of nitrogens with zero attached hydrogens (tertiary/aromatic N) is 1. The molecule has 1 saturated heterocycles. The second-order valence-electron chi connectivity index (χ2n) is 4.87. The molecule has 19 heavy (non-hydrogen) atoms. The number of likely N-dealkylation sites (tertiary alicyclic amines) is 1. The van der Waals surface area contributed by atoms with Gasteiger partial charge in [0, 0.05) is 24.0 Å². The van der Waals surface area contributed by atoms with Gasteiger partial charge in [0.05, 0.1) is 0 Å². The minimum atomic E-state index is -0.972. The Labute approximate surface area is 119 Å². The van der Waals surface area contributed by atoms with Gasteiger partial charge in [0.25, 0.3) is 5.91 Å². The Morgan fingerprint density at radius 3 is 2.84 bits per heavy atom. The molecule has 104 valence electrons. The van der Waals surface area contributed by atoms with Crippen LogP contribution in [0, 0.1) is 17.6 Å². The molecule has 2 nitrogen and oxygen atoms in total. The molecule has 1 aliphatic heterocycles. The lowest BCUT2D eigenvalue weighted by Crippen LogP contribution is -2.40. The fraction of sp³-hybridized carbons (Fsp3) is 0.500. The number of benzene rings is 1. The summed E-state index contributed by atoms with van der Waals surface area (Å²) in [6, 6.07) is 3.32. The number of hydrogen-bond donors (Lipinski definition) is 0. The summed E-state index contributed by atoms with van der Waals surface area (Å²) < 4.78 is 26.0. The predicted molar refractivity (Wildman–Crippen MR) is 73.4 cm³/mol. The highest BCUT2D eigenvalue weighted by atomic mass is 79.9. The van der Waals surface area contributed by atoms with Crippen LogP contribution in [-0.2, 0) is 0 Å². The van der Waals surface area contributed by atoms with Crippen molar-refractivity contribution in [3.05, 3.63) is 35.4 Å². The topological polar surface area (TPSA) is 20.3 Å². The van der Waals surface area contributed by atoms with Gasteiger partial charge in [0.2, 0.25) is 0 Å². The smallest absolute Gasteiger partial charge is 0.253 e. The van der Waals surface area contributed by atoms with E-state index in [9.17, 15) is 13.6 Å². The number of piperidine rings is 1. The zero-order valence-electron chi connectivity index (χ0n) is 10.5. The summed E-state index contributed by atoms with van der Waals surface area (Å²) in [7, 11) is 0. The number of rotatable bonds is 3. The van der Waals surface area contributed by atoms with Gasteiger partial charge in [-0.25, -0.2) is 8.78 Å². The second kappa shape index (κ2) is 6.46. The lowest BCUT2D eigenvalue weighted by molar-refractivity contribution is 0.0671. The van der Waals surface area contributed by atoms with E-state index in [1.54, 1.807) is 4.90 Å². The van der Waals surface area contributed by atoms with Crippen molar-refractivity contribution in [2.75, 3.05) is 18.4 Å². The van der Waals surface area contributed by atoms with Crippen molar-refractivity contribution in [3.8, 4) is 0 Å². The first kappa shape index (κ1) is 14.4. The van der Waals surface area contributed by atoms with Gasteiger partial charge in [0.15, 0.2) is 11.6 Å². The summed E-state index contributed by atoms with van der Waals surface area (Å²) in [5, 5.41) is 0.922. The highest BCUT2D eigenvalue weighted by Crippen LogP contribution is 2.22. The summed E-state index contributed by atoms with van der Waals surface area (Å²) in [6.45, 7) is 1.39. The Bertz CT molecular complexity index is 465. The van der Waals surface area contributed by atoms with Gasteiger partial charge < -0.3 is 4.90 Å². The molecule has 0 aliphatic carbocycles. The molecule has 1 unspecified atom stereocenters. The Balaban J connectivity index is 2.08. The largest absolute Gasteiger partial charge is 0.338 e. The minimum Gasteiger partial charge on any atom is -0.338 e. The fourth-order valence-corrected chi connectivity index (χ4v) is 3.10. The maximum absolute atomic E-state index is 13.2. The molecule has 2 rings (SSSR count). The van der Waals surface area contributed by atoms with Crippen molar-refractivity contribution < 1.29 is 13.6 Å². The van der Waals surface area contributed by atoms with Crippen LogP contribution in [0.3, 0.4) is 0 Å². The molecular weight excluding hydrogens is 316 g/mol. The molecule has 1 fully saturated rings. The van der Waals surface area contributed by atoms with E-state index in [1.807, 2.05) is 0 Å². The summed E-state index contributed by atoms with van der Waals surface area (Å²) in [5.74, 6) is -1.62. The van der Waals surface area contributed by atoms with Gasteiger partial charge in [-0.05, 0) is 43.4 Å². The Morgan fingerprint density at radius 2 is 2.16 bits per heavy atom. The number of carbonyl (C=O) groups excluding carboxylic acids is 1. The average Bonchev–Trinajstić information content (AvgIpc) is 2.42. The van der Waals surface area contributed by atoms with Crippen LogP contribution in [0.2, 0.25) is 0 Å². The lowest BCUT2D eigenvalue weighted by atomic mass is 9.95. The molecule has 0 radical (unpaired) electrons. The monoisotopic (exact) mass is 331 g/mol. The van der Waals surface area contributed by atoms with E-state index in [1.165, 1.54) is 6.07 Å². The molecule has 1 atom stereocenters. The first-order valence-electron chi connectivity index (χ1n) is 6.42. The summed E-state index contributed by atoms with van der Waals surface area (Å²) in [4.78, 5) is 14.0. The highest BCUT2D eigenvalue weighted by Gasteiger charge is 2.24. The first-order valence-corrected chi connectivity index (χ1v) is 7.54. The Kier molecular flexibility index (Phi) is 4.91. The van der Waals surface area contributed by atoms with Crippen LogP contribution < -0.4 is 0 Å². The molecule has 1 heterocycles. The maximum Gasteiger partial charge on any atom is 0.253 e. The third kappa shape index (κ3) is 3.53. The maximum atomic E-state index is 13.2. The minimum absolute atomic E-state index is 0.210. The van der Waals surface area contributed by atoms with Gasteiger partial charge in [0.1, 0.15) is 0 Å². The van der Waals surface area contributed by atoms with Crippen molar-refractivity contribution in [2.45, 2.75) is 19.3 Å². The lowest BCUT2D eigenvalue weighted by Gasteiger charge is -2.32. The number of hydrogen-bond acceptors (Lipinski definition) is 1. The van der Waals surface area contributed by atoms with Crippen molar-refractivity contribution in [2.24, 2.45) is 5.92 Å². The highest BCUT2D eigenvalue weighted by molar-refractivity contribution is 9.09. The molecule has 1 aliphatic rings. The fourth-order valence-electron chi connectivity index (χ4n) is 2.45. The third-order valence-corrected chi connectivity index (χ3v) is 3.95. The molecule has 0 bridgehead atoms. The molecule has 0 N–H and O–H groups in total. The second-order valence-corrected chi connectivity index (χ2v) is 5.66. The average molecular weight is 332 g/mol. The van der Waals surface area contributed by atoms with E-state index >= 15 is 0 Å². The number of halogens is 3.